The van der Waals surface area contributed by atoms with E-state index in [2.05, 4.69) is 6.92 Å². The minimum atomic E-state index is -2.64. The average Bonchev–Trinajstić information content (AvgIpc) is 2.65. The Balaban J connectivity index is -0.00000364. The van der Waals surface area contributed by atoms with Crippen molar-refractivity contribution in [2.75, 3.05) is 19.6 Å². The fraction of sp³-hybridized carbons (Fsp3) is 1.00. The lowest BCUT2D eigenvalue weighted by atomic mass is 10.0. The first-order chi connectivity index (χ1) is 13.4. The minimum Gasteiger partial charge on any atom is -0.343 e. The molecule has 0 heterocycles. The van der Waals surface area contributed by atoms with E-state index in [0.29, 0.717) is 6.54 Å². The summed E-state index contributed by atoms with van der Waals surface area (Å²) in [7, 11) is 0. The van der Waals surface area contributed by atoms with Gasteiger partial charge in [0.2, 0.25) is 0 Å². The molecule has 0 aromatic rings. The van der Waals surface area contributed by atoms with Crippen LogP contribution in [0.3, 0.4) is 0 Å². The van der Waals surface area contributed by atoms with Gasteiger partial charge in [0.1, 0.15) is 0 Å². The highest BCUT2D eigenvalue weighted by Crippen LogP contribution is 2.14. The molecular formula is C23H52Cl2N2O3. The first kappa shape index (κ1) is 35.0. The van der Waals surface area contributed by atoms with Gasteiger partial charge < -0.3 is 21.1 Å². The fourth-order valence-electron chi connectivity index (χ4n) is 3.74. The molecule has 0 aromatic carbocycles. The molecule has 0 spiro atoms. The zero-order chi connectivity index (χ0) is 21.1. The molecule has 1 unspecified atom stereocenters. The number of halogens is 2. The standard InChI is InChI=1S/C23H50N2O3.2ClH/c1-3-4-5-6-7-8-9-10-11-12-13-14-15-16-17-18-19-25(22(2)20-24)21-23(26,27)28;;/h22,26-28H,3-21,24H2,1-2H3;2*1H. The van der Waals surface area contributed by atoms with E-state index < -0.39 is 5.97 Å². The number of nitrogens with zero attached hydrogens (tertiary/aromatic N) is 1. The van der Waals surface area contributed by atoms with Crippen LogP contribution in [-0.4, -0.2) is 51.9 Å². The minimum absolute atomic E-state index is 0. The van der Waals surface area contributed by atoms with Crippen molar-refractivity contribution in [2.45, 2.75) is 129 Å². The Labute approximate surface area is 199 Å². The summed E-state index contributed by atoms with van der Waals surface area (Å²) in [5.41, 5.74) is 5.67. The van der Waals surface area contributed by atoms with Crippen LogP contribution in [0, 0.1) is 0 Å². The van der Waals surface area contributed by atoms with Gasteiger partial charge in [-0.15, -0.1) is 24.8 Å². The molecule has 0 aromatic heterocycles. The molecule has 186 valence electrons. The maximum Gasteiger partial charge on any atom is 0.288 e. The third-order valence-electron chi connectivity index (χ3n) is 5.68. The maximum absolute atomic E-state index is 9.20. The molecule has 0 saturated carbocycles. The van der Waals surface area contributed by atoms with Gasteiger partial charge in [-0.05, 0) is 19.9 Å². The Morgan fingerprint density at radius 1 is 0.667 bits per heavy atom. The van der Waals surface area contributed by atoms with Crippen molar-refractivity contribution in [2.24, 2.45) is 5.73 Å². The predicted octanol–water partition coefficient (Wildman–Crippen LogP) is 5.37. The van der Waals surface area contributed by atoms with Gasteiger partial charge in [-0.1, -0.05) is 103 Å². The zero-order valence-electron chi connectivity index (χ0n) is 19.7. The molecule has 5 nitrogen and oxygen atoms in total. The highest BCUT2D eigenvalue weighted by molar-refractivity contribution is 5.85. The summed E-state index contributed by atoms with van der Waals surface area (Å²) in [6, 6.07) is 0.0298. The number of aliphatic hydroxyl groups is 3. The lowest BCUT2D eigenvalue weighted by Crippen LogP contribution is -2.49. The topological polar surface area (TPSA) is 90.0 Å². The first-order valence-electron chi connectivity index (χ1n) is 12.0. The van der Waals surface area contributed by atoms with Gasteiger partial charge in [0, 0.05) is 12.6 Å². The Morgan fingerprint density at radius 2 is 1.00 bits per heavy atom. The third kappa shape index (κ3) is 24.6. The van der Waals surface area contributed by atoms with Gasteiger partial charge in [-0.25, -0.2) is 0 Å². The Kier molecular flexibility index (Phi) is 28.0. The molecule has 30 heavy (non-hydrogen) atoms. The van der Waals surface area contributed by atoms with Crippen LogP contribution < -0.4 is 5.73 Å². The molecule has 0 amide bonds. The molecule has 0 rings (SSSR count). The number of unbranched alkanes of at least 4 members (excludes halogenated alkanes) is 15. The second-order valence-corrected chi connectivity index (χ2v) is 8.63. The van der Waals surface area contributed by atoms with Crippen LogP contribution >= 0.6 is 24.8 Å². The van der Waals surface area contributed by atoms with Gasteiger partial charge >= 0.3 is 0 Å². The van der Waals surface area contributed by atoms with Crippen LogP contribution in [0.15, 0.2) is 0 Å². The number of hydrogen-bond acceptors (Lipinski definition) is 5. The molecule has 0 aliphatic heterocycles. The van der Waals surface area contributed by atoms with E-state index in [4.69, 9.17) is 5.73 Å². The summed E-state index contributed by atoms with van der Waals surface area (Å²) in [6.07, 6.45) is 21.4. The van der Waals surface area contributed by atoms with Crippen molar-refractivity contribution in [3.8, 4) is 0 Å². The second-order valence-electron chi connectivity index (χ2n) is 8.63. The van der Waals surface area contributed by atoms with Crippen LogP contribution in [0.25, 0.3) is 0 Å². The smallest absolute Gasteiger partial charge is 0.288 e. The average molecular weight is 476 g/mol. The Bertz CT molecular complexity index is 332. The SMILES string of the molecule is CCCCCCCCCCCCCCCCCCN(CC(O)(O)O)C(C)CN.Cl.Cl. The van der Waals surface area contributed by atoms with Crippen molar-refractivity contribution in [3.05, 3.63) is 0 Å². The quantitative estimate of drug-likeness (QED) is 0.132. The maximum atomic E-state index is 9.20. The Hall–Kier alpha value is 0.380. The van der Waals surface area contributed by atoms with E-state index in [1.54, 1.807) is 0 Å². The van der Waals surface area contributed by atoms with Crippen LogP contribution in [0.5, 0.6) is 0 Å². The number of nitrogens with two attached hydrogens (primary N) is 1. The molecule has 0 fully saturated rings. The first-order valence-corrected chi connectivity index (χ1v) is 12.0. The zero-order valence-corrected chi connectivity index (χ0v) is 21.3. The summed E-state index contributed by atoms with van der Waals surface area (Å²) >= 11 is 0. The monoisotopic (exact) mass is 474 g/mol. The van der Waals surface area contributed by atoms with E-state index >= 15 is 0 Å². The normalized spacial score (nSPS) is 12.5. The van der Waals surface area contributed by atoms with Gasteiger partial charge in [0.05, 0.1) is 6.54 Å². The lowest BCUT2D eigenvalue weighted by molar-refractivity contribution is -0.318. The summed E-state index contributed by atoms with van der Waals surface area (Å²) in [4.78, 5) is 1.85. The van der Waals surface area contributed by atoms with E-state index in [9.17, 15) is 15.3 Å². The second kappa shape index (κ2) is 24.0. The molecule has 5 N–H and O–H groups in total. The fourth-order valence-corrected chi connectivity index (χ4v) is 3.74. The largest absolute Gasteiger partial charge is 0.343 e. The highest BCUT2D eigenvalue weighted by atomic mass is 35.5. The molecule has 0 aliphatic carbocycles. The molecule has 0 aliphatic rings. The van der Waals surface area contributed by atoms with Crippen molar-refractivity contribution in [3.63, 3.8) is 0 Å². The summed E-state index contributed by atoms with van der Waals surface area (Å²) < 4.78 is 0. The van der Waals surface area contributed by atoms with Gasteiger partial charge in [-0.2, -0.15) is 0 Å². The van der Waals surface area contributed by atoms with Crippen LogP contribution in [0.1, 0.15) is 117 Å². The molecular weight excluding hydrogens is 423 g/mol. The summed E-state index contributed by atoms with van der Waals surface area (Å²) in [5, 5.41) is 27.6. The molecule has 1 atom stereocenters. The summed E-state index contributed by atoms with van der Waals surface area (Å²) in [5.74, 6) is -2.64. The molecule has 7 heteroatoms. The highest BCUT2D eigenvalue weighted by Gasteiger charge is 2.25. The van der Waals surface area contributed by atoms with E-state index in [1.165, 1.54) is 89.9 Å². The molecule has 0 saturated heterocycles. The van der Waals surface area contributed by atoms with E-state index in [1.807, 2.05) is 11.8 Å². The van der Waals surface area contributed by atoms with E-state index in [0.717, 1.165) is 19.4 Å². The van der Waals surface area contributed by atoms with Gasteiger partial charge in [-0.3, -0.25) is 4.90 Å². The van der Waals surface area contributed by atoms with Crippen LogP contribution in [0.4, 0.5) is 0 Å². The van der Waals surface area contributed by atoms with Crippen molar-refractivity contribution in [1.82, 2.24) is 4.90 Å². The van der Waals surface area contributed by atoms with Gasteiger partial charge in [0.15, 0.2) is 0 Å². The van der Waals surface area contributed by atoms with Crippen molar-refractivity contribution < 1.29 is 15.3 Å². The van der Waals surface area contributed by atoms with Crippen LogP contribution in [-0.2, 0) is 0 Å². The van der Waals surface area contributed by atoms with E-state index in [-0.39, 0.29) is 37.4 Å². The van der Waals surface area contributed by atoms with Gasteiger partial charge in [0.25, 0.3) is 5.97 Å². The predicted molar refractivity (Wildman–Crippen MR) is 134 cm³/mol. The van der Waals surface area contributed by atoms with Crippen molar-refractivity contribution in [1.29, 1.82) is 0 Å². The molecule has 0 bridgehead atoms. The lowest BCUT2D eigenvalue weighted by Gasteiger charge is -2.31. The van der Waals surface area contributed by atoms with Crippen LogP contribution in [0.2, 0.25) is 0 Å². The van der Waals surface area contributed by atoms with Crippen molar-refractivity contribution >= 4 is 24.8 Å². The Morgan fingerprint density at radius 3 is 1.30 bits per heavy atom. The third-order valence-corrected chi connectivity index (χ3v) is 5.68. The summed E-state index contributed by atoms with van der Waals surface area (Å²) in [6.45, 7) is 5.21. The molecule has 0 radical (unpaired) electrons. The number of rotatable bonds is 21. The number of hydrogen-bond donors (Lipinski definition) is 4.